The van der Waals surface area contributed by atoms with E-state index in [9.17, 15) is 4.79 Å². The summed E-state index contributed by atoms with van der Waals surface area (Å²) in [5.41, 5.74) is 0.389. The third kappa shape index (κ3) is 2.47. The number of carbonyl (C=O) groups is 1. The molecule has 13 heavy (non-hydrogen) atoms. The van der Waals surface area contributed by atoms with E-state index in [-0.39, 0.29) is 5.78 Å². The average molecular weight is 217 g/mol. The van der Waals surface area contributed by atoms with Crippen LogP contribution in [0.4, 0.5) is 0 Å². The summed E-state index contributed by atoms with van der Waals surface area (Å²) in [6.45, 7) is 0. The van der Waals surface area contributed by atoms with E-state index < -0.39 is 0 Å². The molecular formula is C9H6Cl2O2. The quantitative estimate of drug-likeness (QED) is 0.469. The van der Waals surface area contributed by atoms with Gasteiger partial charge in [-0.25, -0.2) is 0 Å². The largest absolute Gasteiger partial charge is 0.515 e. The van der Waals surface area contributed by atoms with Gasteiger partial charge in [0.25, 0.3) is 0 Å². The molecule has 1 N–H and O–H groups in total. The molecule has 0 unspecified atom stereocenters. The standard InChI is InChI=1S/C9H6Cl2O2/c10-7-2-1-6(5-8(7)11)9(13)3-4-12/h1-5,12H/b4-3+. The lowest BCUT2D eigenvalue weighted by atomic mass is 10.1. The summed E-state index contributed by atoms with van der Waals surface area (Å²) in [7, 11) is 0. The minimum atomic E-state index is -0.318. The highest BCUT2D eigenvalue weighted by molar-refractivity contribution is 6.42. The zero-order valence-corrected chi connectivity index (χ0v) is 8.01. The Morgan fingerprint density at radius 3 is 2.54 bits per heavy atom. The van der Waals surface area contributed by atoms with Crippen LogP contribution in [0.25, 0.3) is 0 Å². The number of rotatable bonds is 2. The van der Waals surface area contributed by atoms with Gasteiger partial charge in [0.15, 0.2) is 5.78 Å². The van der Waals surface area contributed by atoms with Crippen LogP contribution in [-0.2, 0) is 0 Å². The van der Waals surface area contributed by atoms with E-state index in [0.717, 1.165) is 6.08 Å². The molecule has 0 bridgehead atoms. The summed E-state index contributed by atoms with van der Waals surface area (Å²) in [5.74, 6) is -0.318. The van der Waals surface area contributed by atoms with Gasteiger partial charge in [0.05, 0.1) is 16.3 Å². The average Bonchev–Trinajstić information content (AvgIpc) is 2.10. The summed E-state index contributed by atoms with van der Waals surface area (Å²) in [6.07, 6.45) is 1.73. The van der Waals surface area contributed by atoms with Crippen molar-refractivity contribution in [2.75, 3.05) is 0 Å². The van der Waals surface area contributed by atoms with Crippen molar-refractivity contribution in [3.8, 4) is 0 Å². The number of allylic oxidation sites excluding steroid dienone is 1. The van der Waals surface area contributed by atoms with Crippen LogP contribution in [0.5, 0.6) is 0 Å². The lowest BCUT2D eigenvalue weighted by Gasteiger charge is -1.97. The highest BCUT2D eigenvalue weighted by atomic mass is 35.5. The highest BCUT2D eigenvalue weighted by Crippen LogP contribution is 2.22. The van der Waals surface area contributed by atoms with Crippen molar-refractivity contribution in [3.63, 3.8) is 0 Å². The fraction of sp³-hybridized carbons (Fsp3) is 0. The Morgan fingerprint density at radius 2 is 2.00 bits per heavy atom. The van der Waals surface area contributed by atoms with Gasteiger partial charge in [-0.3, -0.25) is 4.79 Å². The highest BCUT2D eigenvalue weighted by Gasteiger charge is 2.04. The maximum absolute atomic E-state index is 11.2. The van der Waals surface area contributed by atoms with E-state index in [4.69, 9.17) is 28.3 Å². The van der Waals surface area contributed by atoms with E-state index in [1.165, 1.54) is 18.2 Å². The summed E-state index contributed by atoms with van der Waals surface area (Å²) >= 11 is 11.3. The molecule has 0 aliphatic carbocycles. The number of aliphatic hydroxyl groups is 1. The first-order chi connectivity index (χ1) is 6.15. The second-order valence-corrected chi connectivity index (χ2v) is 3.12. The van der Waals surface area contributed by atoms with Gasteiger partial charge >= 0.3 is 0 Å². The second-order valence-electron chi connectivity index (χ2n) is 2.31. The normalized spacial score (nSPS) is 10.6. The minimum Gasteiger partial charge on any atom is -0.515 e. The van der Waals surface area contributed by atoms with Crippen LogP contribution in [0, 0.1) is 0 Å². The van der Waals surface area contributed by atoms with Crippen molar-refractivity contribution in [2.24, 2.45) is 0 Å². The first kappa shape index (κ1) is 10.1. The lowest BCUT2D eigenvalue weighted by molar-refractivity contribution is 0.104. The van der Waals surface area contributed by atoms with Crippen molar-refractivity contribution in [2.45, 2.75) is 0 Å². The van der Waals surface area contributed by atoms with Crippen LogP contribution in [-0.4, -0.2) is 10.9 Å². The molecule has 0 radical (unpaired) electrons. The van der Waals surface area contributed by atoms with Gasteiger partial charge < -0.3 is 5.11 Å². The van der Waals surface area contributed by atoms with E-state index in [1.54, 1.807) is 0 Å². The number of ketones is 1. The van der Waals surface area contributed by atoms with Gasteiger partial charge in [0.2, 0.25) is 0 Å². The number of halogens is 2. The Hall–Kier alpha value is -0.990. The number of hydrogen-bond donors (Lipinski definition) is 1. The monoisotopic (exact) mass is 216 g/mol. The Bertz CT molecular complexity index is 359. The Morgan fingerprint density at radius 1 is 1.31 bits per heavy atom. The molecule has 0 aliphatic heterocycles. The van der Waals surface area contributed by atoms with Gasteiger partial charge in [-0.2, -0.15) is 0 Å². The maximum atomic E-state index is 11.2. The smallest absolute Gasteiger partial charge is 0.188 e. The molecular weight excluding hydrogens is 211 g/mol. The van der Waals surface area contributed by atoms with Crippen LogP contribution in [0.3, 0.4) is 0 Å². The van der Waals surface area contributed by atoms with Gasteiger partial charge in [0, 0.05) is 11.6 Å². The fourth-order valence-corrected chi connectivity index (χ4v) is 1.11. The van der Waals surface area contributed by atoms with Gasteiger partial charge in [-0.05, 0) is 18.2 Å². The summed E-state index contributed by atoms with van der Waals surface area (Å²) in [6, 6.07) is 4.52. The number of carbonyl (C=O) groups excluding carboxylic acids is 1. The maximum Gasteiger partial charge on any atom is 0.188 e. The Labute approximate surface area is 85.4 Å². The molecule has 0 fully saturated rings. The van der Waals surface area contributed by atoms with Crippen molar-refractivity contribution in [3.05, 3.63) is 46.1 Å². The second kappa shape index (κ2) is 4.30. The van der Waals surface area contributed by atoms with Crippen LogP contribution < -0.4 is 0 Å². The molecule has 4 heteroatoms. The van der Waals surface area contributed by atoms with E-state index >= 15 is 0 Å². The van der Waals surface area contributed by atoms with E-state index in [2.05, 4.69) is 0 Å². The predicted molar refractivity (Wildman–Crippen MR) is 52.6 cm³/mol. The Kier molecular flexibility index (Phi) is 3.34. The molecule has 1 aromatic carbocycles. The SMILES string of the molecule is O=C(/C=C/O)c1ccc(Cl)c(Cl)c1. The topological polar surface area (TPSA) is 37.3 Å². The number of benzene rings is 1. The molecule has 0 atom stereocenters. The third-order valence-corrected chi connectivity index (χ3v) is 2.17. The van der Waals surface area contributed by atoms with Crippen molar-refractivity contribution >= 4 is 29.0 Å². The molecule has 0 spiro atoms. The lowest BCUT2D eigenvalue weighted by Crippen LogP contribution is -1.93. The van der Waals surface area contributed by atoms with Crippen LogP contribution >= 0.6 is 23.2 Å². The molecule has 0 saturated carbocycles. The van der Waals surface area contributed by atoms with E-state index in [1.807, 2.05) is 0 Å². The molecule has 1 rings (SSSR count). The van der Waals surface area contributed by atoms with Crippen LogP contribution in [0.1, 0.15) is 10.4 Å². The number of hydrogen-bond acceptors (Lipinski definition) is 2. The molecule has 0 aliphatic rings. The zero-order valence-electron chi connectivity index (χ0n) is 6.50. The van der Waals surface area contributed by atoms with Gasteiger partial charge in [-0.15, -0.1) is 0 Å². The molecule has 68 valence electrons. The van der Waals surface area contributed by atoms with Crippen LogP contribution in [0.15, 0.2) is 30.5 Å². The summed E-state index contributed by atoms with van der Waals surface area (Å²) in [5, 5.41) is 9.07. The molecule has 0 amide bonds. The minimum absolute atomic E-state index is 0.318. The van der Waals surface area contributed by atoms with E-state index in [0.29, 0.717) is 21.9 Å². The molecule has 0 heterocycles. The first-order valence-corrected chi connectivity index (χ1v) is 4.21. The molecule has 2 nitrogen and oxygen atoms in total. The first-order valence-electron chi connectivity index (χ1n) is 3.45. The molecule has 1 aromatic rings. The van der Waals surface area contributed by atoms with Gasteiger partial charge in [0.1, 0.15) is 0 Å². The van der Waals surface area contributed by atoms with Crippen molar-refractivity contribution < 1.29 is 9.90 Å². The molecule has 0 saturated heterocycles. The van der Waals surface area contributed by atoms with Crippen LogP contribution in [0.2, 0.25) is 10.0 Å². The summed E-state index contributed by atoms with van der Waals surface area (Å²) < 4.78 is 0. The van der Waals surface area contributed by atoms with Crippen molar-refractivity contribution in [1.29, 1.82) is 0 Å². The summed E-state index contributed by atoms with van der Waals surface area (Å²) in [4.78, 5) is 11.2. The van der Waals surface area contributed by atoms with Crippen molar-refractivity contribution in [1.82, 2.24) is 0 Å². The fourth-order valence-electron chi connectivity index (χ4n) is 0.813. The zero-order chi connectivity index (χ0) is 9.84. The number of aliphatic hydroxyl groups excluding tert-OH is 1. The Balaban J connectivity index is 3.04. The molecule has 0 aromatic heterocycles. The predicted octanol–water partition coefficient (Wildman–Crippen LogP) is 3.25. The van der Waals surface area contributed by atoms with Gasteiger partial charge in [-0.1, -0.05) is 23.2 Å². The third-order valence-electron chi connectivity index (χ3n) is 1.43.